The lowest BCUT2D eigenvalue weighted by Gasteiger charge is -2.05. The minimum atomic E-state index is -2.98. The van der Waals surface area contributed by atoms with Crippen LogP contribution in [0.15, 0.2) is 48.0 Å². The molecule has 0 saturated heterocycles. The van der Waals surface area contributed by atoms with Crippen LogP contribution >= 0.6 is 0 Å². The van der Waals surface area contributed by atoms with Crippen molar-refractivity contribution in [1.29, 1.82) is 0 Å². The summed E-state index contributed by atoms with van der Waals surface area (Å²) in [5.74, 6) is -0.973. The first-order valence-electron chi connectivity index (χ1n) is 8.26. The molecule has 154 valence electrons. The van der Waals surface area contributed by atoms with Gasteiger partial charge in [-0.3, -0.25) is 9.78 Å². The highest BCUT2D eigenvalue weighted by atomic mass is 19.3. The van der Waals surface area contributed by atoms with Crippen LogP contribution in [0.3, 0.4) is 0 Å². The fraction of sp³-hybridized carbons (Fsp3) is 0.111. The molecule has 12 heteroatoms. The molecule has 0 bridgehead atoms. The van der Waals surface area contributed by atoms with E-state index < -0.39 is 12.5 Å². The highest BCUT2D eigenvalue weighted by Gasteiger charge is 2.11. The Morgan fingerprint density at radius 3 is 2.73 bits per heavy atom. The second kappa shape index (κ2) is 9.32. The summed E-state index contributed by atoms with van der Waals surface area (Å²) in [4.78, 5) is 27.8. The van der Waals surface area contributed by atoms with Crippen molar-refractivity contribution in [2.45, 2.75) is 6.61 Å². The summed E-state index contributed by atoms with van der Waals surface area (Å²) >= 11 is 0. The van der Waals surface area contributed by atoms with Crippen molar-refractivity contribution in [3.05, 3.63) is 54.1 Å². The van der Waals surface area contributed by atoms with Crippen LogP contribution in [0.1, 0.15) is 16.1 Å². The fourth-order valence-corrected chi connectivity index (χ4v) is 2.22. The number of methoxy groups -OCH3 is 1. The number of nitrogens with one attached hydrogen (secondary N) is 1. The number of hydrazone groups is 1. The van der Waals surface area contributed by atoms with E-state index in [1.165, 1.54) is 56.2 Å². The van der Waals surface area contributed by atoms with Gasteiger partial charge in [0.15, 0.2) is 0 Å². The molecule has 10 nitrogen and oxygen atoms in total. The van der Waals surface area contributed by atoms with E-state index in [0.29, 0.717) is 16.8 Å². The Kier molecular flexibility index (Phi) is 6.37. The molecule has 1 amide bonds. The van der Waals surface area contributed by atoms with Crippen molar-refractivity contribution in [1.82, 2.24) is 25.4 Å². The van der Waals surface area contributed by atoms with Crippen LogP contribution in [0.2, 0.25) is 0 Å². The van der Waals surface area contributed by atoms with Crippen molar-refractivity contribution in [2.24, 2.45) is 5.10 Å². The van der Waals surface area contributed by atoms with Gasteiger partial charge in [0.2, 0.25) is 17.6 Å². The predicted octanol–water partition coefficient (Wildman–Crippen LogP) is 2.01. The minimum Gasteiger partial charge on any atom is -0.493 e. The first-order valence-corrected chi connectivity index (χ1v) is 8.26. The number of hydrogen-bond donors (Lipinski definition) is 2. The van der Waals surface area contributed by atoms with Gasteiger partial charge in [-0.1, -0.05) is 0 Å². The van der Waals surface area contributed by atoms with Crippen LogP contribution in [0.5, 0.6) is 17.6 Å². The molecule has 0 atom stereocenters. The van der Waals surface area contributed by atoms with Gasteiger partial charge in [-0.15, -0.1) is 0 Å². The standard InChI is InChI=1S/C18H14F2N6O4/c1-29-16-5-10(4-14(27)25-16)6-23-26-17(28)13-9-21-8-12(24-13)11-2-3-15(22-7-11)30-18(19)20/h2-9,18H,1H3,(H,25,27)(H,26,28)/b23-6+. The topological polar surface area (TPSA) is 132 Å². The van der Waals surface area contributed by atoms with Crippen LogP contribution in [0.25, 0.3) is 11.3 Å². The molecular formula is C18H14F2N6O4. The molecule has 3 aromatic rings. The van der Waals surface area contributed by atoms with Gasteiger partial charge in [0.25, 0.3) is 5.91 Å². The van der Waals surface area contributed by atoms with E-state index >= 15 is 0 Å². The highest BCUT2D eigenvalue weighted by molar-refractivity contribution is 5.93. The van der Waals surface area contributed by atoms with Crippen molar-refractivity contribution >= 4 is 12.1 Å². The van der Waals surface area contributed by atoms with Crippen LogP contribution in [-0.4, -0.2) is 50.9 Å². The van der Waals surface area contributed by atoms with Gasteiger partial charge in [-0.2, -0.15) is 18.9 Å². The summed E-state index contributed by atoms with van der Waals surface area (Å²) in [6, 6.07) is 5.54. The number of hydrogen-bond acceptors (Lipinski definition) is 9. The summed E-state index contributed by atoms with van der Waals surface area (Å²) in [6.07, 6.45) is 5.17. The normalized spacial score (nSPS) is 10.9. The zero-order valence-corrected chi connectivity index (χ0v) is 15.4. The number of carbonyl (C=O) groups is 1. The Bertz CT molecular complexity index is 1060. The van der Waals surface area contributed by atoms with Gasteiger partial charge in [0.1, 0.15) is 5.69 Å². The molecule has 0 aromatic carbocycles. The van der Waals surface area contributed by atoms with Crippen LogP contribution < -0.4 is 14.9 Å². The average Bonchev–Trinajstić information content (AvgIpc) is 2.73. The third-order valence-electron chi connectivity index (χ3n) is 3.51. The highest BCUT2D eigenvalue weighted by Crippen LogP contribution is 2.19. The van der Waals surface area contributed by atoms with E-state index in [9.17, 15) is 18.7 Å². The Labute approximate surface area is 168 Å². The van der Waals surface area contributed by atoms with Crippen molar-refractivity contribution in [3.63, 3.8) is 0 Å². The van der Waals surface area contributed by atoms with Crippen LogP contribution in [0.4, 0.5) is 8.78 Å². The number of halogens is 2. The van der Waals surface area contributed by atoms with Gasteiger partial charge in [0, 0.05) is 35.5 Å². The number of aromatic nitrogens is 4. The van der Waals surface area contributed by atoms with Crippen LogP contribution in [-0.2, 0) is 0 Å². The quantitative estimate of drug-likeness (QED) is 0.442. The van der Waals surface area contributed by atoms with E-state index in [1.807, 2.05) is 0 Å². The number of aromatic hydroxyl groups is 1. The average molecular weight is 416 g/mol. The number of rotatable bonds is 7. The van der Waals surface area contributed by atoms with E-state index in [1.54, 1.807) is 0 Å². The third kappa shape index (κ3) is 5.41. The third-order valence-corrected chi connectivity index (χ3v) is 3.51. The Hall–Kier alpha value is -4.22. The molecule has 3 aromatic heterocycles. The Morgan fingerprint density at radius 2 is 2.03 bits per heavy atom. The lowest BCUT2D eigenvalue weighted by molar-refractivity contribution is -0.0528. The lowest BCUT2D eigenvalue weighted by Crippen LogP contribution is -2.19. The molecule has 0 aliphatic carbocycles. The van der Waals surface area contributed by atoms with Gasteiger partial charge < -0.3 is 14.6 Å². The van der Waals surface area contributed by atoms with Crippen molar-refractivity contribution in [2.75, 3.05) is 7.11 Å². The zero-order chi connectivity index (χ0) is 21.5. The fourth-order valence-electron chi connectivity index (χ4n) is 2.22. The molecule has 3 rings (SSSR count). The summed E-state index contributed by atoms with van der Waals surface area (Å²) < 4.78 is 33.5. The maximum atomic E-state index is 12.3. The monoisotopic (exact) mass is 416 g/mol. The zero-order valence-electron chi connectivity index (χ0n) is 15.4. The molecule has 0 fully saturated rings. The van der Waals surface area contributed by atoms with Crippen molar-refractivity contribution < 1.29 is 28.2 Å². The smallest absolute Gasteiger partial charge is 0.388 e. The van der Waals surface area contributed by atoms with E-state index in [0.717, 1.165) is 0 Å². The maximum Gasteiger partial charge on any atom is 0.388 e. The van der Waals surface area contributed by atoms with E-state index in [2.05, 4.69) is 35.2 Å². The summed E-state index contributed by atoms with van der Waals surface area (Å²) in [5, 5.41) is 13.3. The van der Waals surface area contributed by atoms with Gasteiger partial charge in [0.05, 0.1) is 31.4 Å². The number of amides is 1. The van der Waals surface area contributed by atoms with Gasteiger partial charge >= 0.3 is 6.61 Å². The summed E-state index contributed by atoms with van der Waals surface area (Å²) in [6.45, 7) is -2.98. The van der Waals surface area contributed by atoms with Gasteiger partial charge in [-0.05, 0) is 6.07 Å². The maximum absolute atomic E-state index is 12.3. The Morgan fingerprint density at radius 1 is 1.20 bits per heavy atom. The predicted molar refractivity (Wildman–Crippen MR) is 99.4 cm³/mol. The summed E-state index contributed by atoms with van der Waals surface area (Å²) in [5.41, 5.74) is 3.43. The molecule has 0 saturated carbocycles. The first kappa shape index (κ1) is 20.5. The van der Waals surface area contributed by atoms with Crippen molar-refractivity contribution in [3.8, 4) is 28.9 Å². The lowest BCUT2D eigenvalue weighted by atomic mass is 10.2. The van der Waals surface area contributed by atoms with E-state index in [4.69, 9.17) is 4.74 Å². The second-order valence-electron chi connectivity index (χ2n) is 5.55. The first-order chi connectivity index (χ1) is 14.4. The molecule has 2 N–H and O–H groups in total. The number of pyridine rings is 2. The number of alkyl halides is 2. The second-order valence-corrected chi connectivity index (χ2v) is 5.55. The molecule has 0 radical (unpaired) electrons. The molecule has 0 aliphatic rings. The summed E-state index contributed by atoms with van der Waals surface area (Å²) in [7, 11) is 1.39. The number of ether oxygens (including phenoxy) is 2. The molecule has 0 aliphatic heterocycles. The largest absolute Gasteiger partial charge is 0.493 e. The molecule has 0 spiro atoms. The number of nitrogens with zero attached hydrogens (tertiary/aromatic N) is 5. The Balaban J connectivity index is 1.69. The molecule has 0 unspecified atom stereocenters. The SMILES string of the molecule is COc1cc(/C=N/NC(=O)c2cncc(-c3ccc(OC(F)F)nc3)n2)cc(O)n1. The van der Waals surface area contributed by atoms with Gasteiger partial charge in [-0.25, -0.2) is 15.4 Å². The molecular weight excluding hydrogens is 402 g/mol. The van der Waals surface area contributed by atoms with E-state index in [-0.39, 0.29) is 23.3 Å². The number of carbonyl (C=O) groups excluding carboxylic acids is 1. The molecule has 3 heterocycles. The van der Waals surface area contributed by atoms with Crippen LogP contribution in [0, 0.1) is 0 Å². The molecule has 30 heavy (non-hydrogen) atoms. The minimum absolute atomic E-state index is 0.0345.